The first-order valence-electron chi connectivity index (χ1n) is 4.60. The molecule has 1 fully saturated rings. The van der Waals surface area contributed by atoms with E-state index < -0.39 is 0 Å². The van der Waals surface area contributed by atoms with Gasteiger partial charge in [-0.3, -0.25) is 4.68 Å². The van der Waals surface area contributed by atoms with Gasteiger partial charge in [-0.05, 0) is 12.5 Å². The standard InChI is InChI=1S/C9H15N3O/c1-12-8(2-4-11-12)9(10)7-3-5-13-6-7/h2,4,7,9H,3,5-6,10H2,1H3. The number of aryl methyl sites for hydroxylation is 1. The number of nitrogens with zero attached hydrogens (tertiary/aromatic N) is 2. The van der Waals surface area contributed by atoms with E-state index in [2.05, 4.69) is 5.10 Å². The van der Waals surface area contributed by atoms with Crippen molar-refractivity contribution in [2.24, 2.45) is 18.7 Å². The van der Waals surface area contributed by atoms with Crippen LogP contribution in [-0.2, 0) is 11.8 Å². The molecule has 72 valence electrons. The first kappa shape index (κ1) is 8.72. The molecular weight excluding hydrogens is 166 g/mol. The minimum absolute atomic E-state index is 0.0648. The second-order valence-corrected chi connectivity index (χ2v) is 3.53. The molecule has 2 rings (SSSR count). The Morgan fingerprint density at radius 1 is 1.77 bits per heavy atom. The van der Waals surface area contributed by atoms with Crippen molar-refractivity contribution >= 4 is 0 Å². The van der Waals surface area contributed by atoms with Gasteiger partial charge in [0.15, 0.2) is 0 Å². The third-order valence-corrected chi connectivity index (χ3v) is 2.67. The molecule has 4 heteroatoms. The Bertz CT molecular complexity index is 278. The number of rotatable bonds is 2. The van der Waals surface area contributed by atoms with Crippen LogP contribution >= 0.6 is 0 Å². The number of nitrogens with two attached hydrogens (primary N) is 1. The van der Waals surface area contributed by atoms with Gasteiger partial charge in [0.05, 0.1) is 18.3 Å². The van der Waals surface area contributed by atoms with Crippen LogP contribution in [0.4, 0.5) is 0 Å². The fraction of sp³-hybridized carbons (Fsp3) is 0.667. The van der Waals surface area contributed by atoms with E-state index in [0.717, 1.165) is 25.3 Å². The summed E-state index contributed by atoms with van der Waals surface area (Å²) in [5.74, 6) is 0.454. The smallest absolute Gasteiger partial charge is 0.0551 e. The third-order valence-electron chi connectivity index (χ3n) is 2.67. The van der Waals surface area contributed by atoms with Crippen LogP contribution in [0.15, 0.2) is 12.3 Å². The van der Waals surface area contributed by atoms with Crippen LogP contribution in [0.1, 0.15) is 18.2 Å². The van der Waals surface area contributed by atoms with Crippen molar-refractivity contribution in [3.05, 3.63) is 18.0 Å². The Balaban J connectivity index is 2.12. The molecule has 2 atom stereocenters. The van der Waals surface area contributed by atoms with E-state index in [4.69, 9.17) is 10.5 Å². The van der Waals surface area contributed by atoms with Gasteiger partial charge in [-0.2, -0.15) is 5.10 Å². The number of hydrogen-bond acceptors (Lipinski definition) is 3. The zero-order valence-electron chi connectivity index (χ0n) is 7.81. The lowest BCUT2D eigenvalue weighted by Crippen LogP contribution is -2.24. The van der Waals surface area contributed by atoms with E-state index in [1.165, 1.54) is 0 Å². The summed E-state index contributed by atoms with van der Waals surface area (Å²) in [6.45, 7) is 1.63. The fourth-order valence-electron chi connectivity index (χ4n) is 1.79. The molecule has 0 aliphatic carbocycles. The Labute approximate surface area is 77.7 Å². The maximum atomic E-state index is 6.10. The highest BCUT2D eigenvalue weighted by Crippen LogP contribution is 2.25. The molecular formula is C9H15N3O. The topological polar surface area (TPSA) is 53.1 Å². The van der Waals surface area contributed by atoms with Crippen molar-refractivity contribution in [3.63, 3.8) is 0 Å². The molecule has 1 aliphatic heterocycles. The van der Waals surface area contributed by atoms with Crippen LogP contribution < -0.4 is 5.73 Å². The molecule has 1 aliphatic rings. The minimum Gasteiger partial charge on any atom is -0.381 e. The lowest BCUT2D eigenvalue weighted by atomic mass is 9.97. The maximum Gasteiger partial charge on any atom is 0.0551 e. The van der Waals surface area contributed by atoms with E-state index >= 15 is 0 Å². The fourth-order valence-corrected chi connectivity index (χ4v) is 1.79. The SMILES string of the molecule is Cn1nccc1C(N)C1CCOC1. The minimum atomic E-state index is 0.0648. The molecule has 13 heavy (non-hydrogen) atoms. The lowest BCUT2D eigenvalue weighted by molar-refractivity contribution is 0.180. The molecule has 0 radical (unpaired) electrons. The second-order valence-electron chi connectivity index (χ2n) is 3.53. The highest BCUT2D eigenvalue weighted by molar-refractivity contribution is 5.07. The second kappa shape index (κ2) is 3.47. The Morgan fingerprint density at radius 3 is 3.15 bits per heavy atom. The summed E-state index contributed by atoms with van der Waals surface area (Å²) in [7, 11) is 1.92. The van der Waals surface area contributed by atoms with E-state index in [1.807, 2.05) is 17.8 Å². The normalized spacial score (nSPS) is 24.9. The van der Waals surface area contributed by atoms with Crippen LogP contribution in [0.5, 0.6) is 0 Å². The molecule has 0 saturated carbocycles. The van der Waals surface area contributed by atoms with E-state index in [1.54, 1.807) is 6.20 Å². The first-order chi connectivity index (χ1) is 6.29. The summed E-state index contributed by atoms with van der Waals surface area (Å²) in [6, 6.07) is 2.04. The van der Waals surface area contributed by atoms with Gasteiger partial charge in [-0.1, -0.05) is 0 Å². The van der Waals surface area contributed by atoms with Crippen molar-refractivity contribution in [2.75, 3.05) is 13.2 Å². The van der Waals surface area contributed by atoms with E-state index in [-0.39, 0.29) is 6.04 Å². The Kier molecular flexibility index (Phi) is 2.33. The number of aromatic nitrogens is 2. The first-order valence-corrected chi connectivity index (χ1v) is 4.60. The van der Waals surface area contributed by atoms with Crippen LogP contribution in [0.2, 0.25) is 0 Å². The van der Waals surface area contributed by atoms with Crippen LogP contribution in [0.3, 0.4) is 0 Å². The summed E-state index contributed by atoms with van der Waals surface area (Å²) in [5, 5.41) is 4.10. The summed E-state index contributed by atoms with van der Waals surface area (Å²) in [5.41, 5.74) is 7.20. The van der Waals surface area contributed by atoms with Crippen molar-refractivity contribution in [1.29, 1.82) is 0 Å². The molecule has 1 saturated heterocycles. The van der Waals surface area contributed by atoms with Gasteiger partial charge in [0.2, 0.25) is 0 Å². The van der Waals surface area contributed by atoms with Crippen molar-refractivity contribution in [3.8, 4) is 0 Å². The molecule has 4 nitrogen and oxygen atoms in total. The van der Waals surface area contributed by atoms with Gasteiger partial charge in [-0.25, -0.2) is 0 Å². The maximum absolute atomic E-state index is 6.10. The van der Waals surface area contributed by atoms with Crippen molar-refractivity contribution in [2.45, 2.75) is 12.5 Å². The molecule has 0 amide bonds. The van der Waals surface area contributed by atoms with Gasteiger partial charge in [0, 0.05) is 25.8 Å². The molecule has 2 N–H and O–H groups in total. The number of hydrogen-bond donors (Lipinski definition) is 1. The molecule has 1 aromatic rings. The predicted molar refractivity (Wildman–Crippen MR) is 49.1 cm³/mol. The molecule has 2 heterocycles. The quantitative estimate of drug-likeness (QED) is 0.721. The molecule has 1 aromatic heterocycles. The summed E-state index contributed by atoms with van der Waals surface area (Å²) < 4.78 is 7.14. The molecule has 2 unspecified atom stereocenters. The van der Waals surface area contributed by atoms with Gasteiger partial charge < -0.3 is 10.5 Å². The van der Waals surface area contributed by atoms with Gasteiger partial charge in [0.1, 0.15) is 0 Å². The van der Waals surface area contributed by atoms with Gasteiger partial charge in [-0.15, -0.1) is 0 Å². The van der Waals surface area contributed by atoms with Crippen LogP contribution in [0, 0.1) is 5.92 Å². The average molecular weight is 181 g/mol. The zero-order valence-corrected chi connectivity index (χ0v) is 7.81. The Morgan fingerprint density at radius 2 is 2.62 bits per heavy atom. The monoisotopic (exact) mass is 181 g/mol. The van der Waals surface area contributed by atoms with Gasteiger partial charge >= 0.3 is 0 Å². The third kappa shape index (κ3) is 1.59. The zero-order chi connectivity index (χ0) is 9.26. The van der Waals surface area contributed by atoms with E-state index in [9.17, 15) is 0 Å². The van der Waals surface area contributed by atoms with Crippen LogP contribution in [0.25, 0.3) is 0 Å². The van der Waals surface area contributed by atoms with E-state index in [0.29, 0.717) is 5.92 Å². The largest absolute Gasteiger partial charge is 0.381 e. The molecule has 0 spiro atoms. The predicted octanol–water partition coefficient (Wildman–Crippen LogP) is 0.456. The highest BCUT2D eigenvalue weighted by atomic mass is 16.5. The van der Waals surface area contributed by atoms with Crippen molar-refractivity contribution < 1.29 is 4.74 Å². The lowest BCUT2D eigenvalue weighted by Gasteiger charge is -2.17. The van der Waals surface area contributed by atoms with Gasteiger partial charge in [0.25, 0.3) is 0 Å². The number of ether oxygens (including phenoxy) is 1. The molecule has 0 aromatic carbocycles. The summed E-state index contributed by atoms with van der Waals surface area (Å²) >= 11 is 0. The molecule has 0 bridgehead atoms. The van der Waals surface area contributed by atoms with Crippen molar-refractivity contribution in [1.82, 2.24) is 9.78 Å². The summed E-state index contributed by atoms with van der Waals surface area (Å²) in [6.07, 6.45) is 2.84. The Hall–Kier alpha value is -0.870. The summed E-state index contributed by atoms with van der Waals surface area (Å²) in [4.78, 5) is 0. The van der Waals surface area contributed by atoms with Crippen LogP contribution in [-0.4, -0.2) is 23.0 Å². The average Bonchev–Trinajstić information content (AvgIpc) is 2.72. The highest BCUT2D eigenvalue weighted by Gasteiger charge is 2.25.